The molecule has 4 aliphatic heterocycles. The number of fused-ring (bicyclic) bond motifs is 3. The van der Waals surface area contributed by atoms with Gasteiger partial charge >= 0.3 is 19.2 Å². The van der Waals surface area contributed by atoms with Crippen LogP contribution in [0.15, 0.2) is 84.9 Å². The maximum absolute atomic E-state index is 16.7. The second-order valence-corrected chi connectivity index (χ2v) is 20.3. The SMILES string of the molecule is C[C@H](OP(=O)(Oc1ccccc1)C(F)(F)c1ccc2sc(C(=O)N[C@H]3C[C@@H]4C[C@@H]4C[C@H]4CC[C@@H](C(=O)N5CC(C(=O)N6CCOCC6)C5)N4C3=O)cc2c1)C(=O)OCc1ccccc1. The fraction of sp³-hybridized carbons (Fsp3) is 0.457. The van der Waals surface area contributed by atoms with Crippen molar-refractivity contribution in [2.24, 2.45) is 17.8 Å². The fourth-order valence-electron chi connectivity index (χ4n) is 9.29. The lowest BCUT2D eigenvalue weighted by Crippen LogP contribution is -2.62. The van der Waals surface area contributed by atoms with E-state index in [0.29, 0.717) is 74.8 Å². The van der Waals surface area contributed by atoms with E-state index in [1.807, 2.05) is 0 Å². The van der Waals surface area contributed by atoms with Gasteiger partial charge in [0.2, 0.25) is 17.7 Å². The molecule has 5 heterocycles. The van der Waals surface area contributed by atoms with Crippen molar-refractivity contribution in [2.75, 3.05) is 39.4 Å². The number of carbonyl (C=O) groups is 5. The molecular formula is C46H49F2N4O10PS. The molecule has 18 heteroatoms. The van der Waals surface area contributed by atoms with Gasteiger partial charge in [0, 0.05) is 42.5 Å². The summed E-state index contributed by atoms with van der Waals surface area (Å²) in [6, 6.07) is 19.3. The van der Waals surface area contributed by atoms with Gasteiger partial charge in [-0.1, -0.05) is 54.6 Å². The zero-order valence-electron chi connectivity index (χ0n) is 35.1. The van der Waals surface area contributed by atoms with Crippen LogP contribution < -0.4 is 9.84 Å². The number of hydrogen-bond acceptors (Lipinski definition) is 11. The van der Waals surface area contributed by atoms with Crippen LogP contribution in [0.4, 0.5) is 8.78 Å². The van der Waals surface area contributed by atoms with Crippen LogP contribution in [-0.4, -0.2) is 108 Å². The van der Waals surface area contributed by atoms with E-state index in [4.69, 9.17) is 18.5 Å². The smallest absolute Gasteiger partial charge is 0.454 e. The summed E-state index contributed by atoms with van der Waals surface area (Å²) < 4.78 is 69.6. The van der Waals surface area contributed by atoms with Gasteiger partial charge in [0.1, 0.15) is 24.4 Å². The zero-order valence-corrected chi connectivity index (χ0v) is 36.9. The minimum atomic E-state index is -5.54. The van der Waals surface area contributed by atoms with Crippen LogP contribution in [0.3, 0.4) is 0 Å². The topological polar surface area (TPSA) is 161 Å². The van der Waals surface area contributed by atoms with Gasteiger partial charge in [-0.2, -0.15) is 8.78 Å². The summed E-state index contributed by atoms with van der Waals surface area (Å²) in [6.45, 7) is 3.65. The highest BCUT2D eigenvalue weighted by atomic mass is 32.1. The molecule has 4 saturated heterocycles. The molecule has 14 nitrogen and oxygen atoms in total. The molecule has 1 aromatic heterocycles. The highest BCUT2D eigenvalue weighted by molar-refractivity contribution is 7.55. The summed E-state index contributed by atoms with van der Waals surface area (Å²) in [5, 5.41) is 3.17. The van der Waals surface area contributed by atoms with E-state index in [-0.39, 0.29) is 58.2 Å². The molecule has 4 amide bonds. The number of nitrogens with zero attached hydrogens (tertiary/aromatic N) is 3. The van der Waals surface area contributed by atoms with Crippen molar-refractivity contribution in [2.45, 2.75) is 75.5 Å². The average molecular weight is 919 g/mol. The van der Waals surface area contributed by atoms with Gasteiger partial charge in [-0.3, -0.25) is 23.7 Å². The zero-order chi connectivity index (χ0) is 44.8. The largest absolute Gasteiger partial charge is 0.459 e. The van der Waals surface area contributed by atoms with Gasteiger partial charge in [0.15, 0.2) is 6.10 Å². The second kappa shape index (κ2) is 18.0. The fourth-order valence-corrected chi connectivity index (χ4v) is 11.9. The lowest BCUT2D eigenvalue weighted by atomic mass is 9.96. The first-order valence-corrected chi connectivity index (χ1v) is 24.1. The van der Waals surface area contributed by atoms with Crippen LogP contribution in [0.5, 0.6) is 5.75 Å². The molecule has 7 atom stereocenters. The molecule has 5 aliphatic rings. The number of rotatable bonds is 13. The van der Waals surface area contributed by atoms with Gasteiger partial charge in [-0.05, 0) is 92.1 Å². The minimum absolute atomic E-state index is 0.0161. The quantitative estimate of drug-likeness (QED) is 0.115. The Bertz CT molecular complexity index is 2470. The molecule has 338 valence electrons. The third-order valence-electron chi connectivity index (χ3n) is 12.9. The number of para-hydroxylation sites is 1. The molecule has 64 heavy (non-hydrogen) atoms. The third-order valence-corrected chi connectivity index (χ3v) is 16.1. The molecule has 1 unspecified atom stereocenters. The molecule has 0 spiro atoms. The number of esters is 1. The Balaban J connectivity index is 0.895. The van der Waals surface area contributed by atoms with Gasteiger partial charge in [0.25, 0.3) is 5.91 Å². The number of morpholine rings is 1. The maximum atomic E-state index is 16.7. The number of ether oxygens (including phenoxy) is 2. The molecule has 4 aromatic rings. The van der Waals surface area contributed by atoms with E-state index in [0.717, 1.165) is 43.2 Å². The normalized spacial score (nSPS) is 24.9. The number of benzene rings is 3. The van der Waals surface area contributed by atoms with E-state index in [2.05, 4.69) is 5.32 Å². The Morgan fingerprint density at radius 3 is 2.33 bits per heavy atom. The highest BCUT2D eigenvalue weighted by Gasteiger charge is 2.58. The molecule has 3 aromatic carbocycles. The summed E-state index contributed by atoms with van der Waals surface area (Å²) in [7, 11) is -5.54. The number of thiophene rings is 1. The summed E-state index contributed by atoms with van der Waals surface area (Å²) in [4.78, 5) is 73.5. The molecule has 0 bridgehead atoms. The second-order valence-electron chi connectivity index (χ2n) is 17.3. The molecule has 1 aliphatic carbocycles. The predicted octanol–water partition coefficient (Wildman–Crippen LogP) is 6.58. The Hall–Kier alpha value is -5.22. The molecule has 0 radical (unpaired) electrons. The number of amides is 4. The van der Waals surface area contributed by atoms with E-state index in [1.165, 1.54) is 36.4 Å². The van der Waals surface area contributed by atoms with Crippen molar-refractivity contribution in [3.05, 3.63) is 101 Å². The van der Waals surface area contributed by atoms with E-state index >= 15 is 8.78 Å². The van der Waals surface area contributed by atoms with Crippen molar-refractivity contribution in [1.82, 2.24) is 20.0 Å². The molecule has 1 N–H and O–H groups in total. The van der Waals surface area contributed by atoms with Crippen molar-refractivity contribution in [1.29, 1.82) is 0 Å². The summed E-state index contributed by atoms with van der Waals surface area (Å²) >= 11 is 1.04. The van der Waals surface area contributed by atoms with Crippen molar-refractivity contribution in [3.63, 3.8) is 0 Å². The van der Waals surface area contributed by atoms with Crippen molar-refractivity contribution >= 4 is 58.6 Å². The maximum Gasteiger partial charge on any atom is 0.454 e. The first-order valence-electron chi connectivity index (χ1n) is 21.7. The highest BCUT2D eigenvalue weighted by Crippen LogP contribution is 2.67. The third kappa shape index (κ3) is 8.91. The number of hydrogen-bond donors (Lipinski definition) is 1. The van der Waals surface area contributed by atoms with E-state index in [1.54, 1.807) is 51.1 Å². The summed E-state index contributed by atoms with van der Waals surface area (Å²) in [5.41, 5.74) is -4.38. The van der Waals surface area contributed by atoms with E-state index < -0.39 is 48.9 Å². The summed E-state index contributed by atoms with van der Waals surface area (Å²) in [6.07, 6.45) is 1.60. The van der Waals surface area contributed by atoms with Gasteiger partial charge in [0.05, 0.1) is 24.0 Å². The number of halogens is 2. The monoisotopic (exact) mass is 918 g/mol. The molecular weight excluding hydrogens is 870 g/mol. The van der Waals surface area contributed by atoms with Crippen molar-refractivity contribution < 1.29 is 55.8 Å². The molecule has 5 fully saturated rings. The Labute approximate surface area is 372 Å². The Morgan fingerprint density at radius 1 is 0.891 bits per heavy atom. The number of alkyl halides is 2. The number of nitrogens with one attached hydrogen (secondary N) is 1. The lowest BCUT2D eigenvalue weighted by Gasteiger charge is -2.44. The van der Waals surface area contributed by atoms with Crippen LogP contribution >= 0.6 is 18.9 Å². The summed E-state index contributed by atoms with van der Waals surface area (Å²) in [5.74, 6) is -1.90. The average Bonchev–Trinajstić information content (AvgIpc) is 3.63. The first kappa shape index (κ1) is 44.0. The van der Waals surface area contributed by atoms with Gasteiger partial charge < -0.3 is 34.0 Å². The van der Waals surface area contributed by atoms with E-state index in [9.17, 15) is 28.5 Å². The number of likely N-dealkylation sites (tertiary alicyclic amines) is 1. The molecule has 1 saturated carbocycles. The minimum Gasteiger partial charge on any atom is -0.459 e. The van der Waals surface area contributed by atoms with Gasteiger partial charge in [-0.15, -0.1) is 11.3 Å². The Kier molecular flexibility index (Phi) is 12.4. The Morgan fingerprint density at radius 2 is 1.59 bits per heavy atom. The van der Waals surface area contributed by atoms with Crippen LogP contribution in [0.25, 0.3) is 10.1 Å². The van der Waals surface area contributed by atoms with Crippen molar-refractivity contribution in [3.8, 4) is 5.75 Å². The van der Waals surface area contributed by atoms with Crippen LogP contribution in [-0.2, 0) is 50.0 Å². The van der Waals surface area contributed by atoms with Crippen LogP contribution in [0.1, 0.15) is 59.8 Å². The van der Waals surface area contributed by atoms with Crippen LogP contribution in [0, 0.1) is 17.8 Å². The van der Waals surface area contributed by atoms with Crippen LogP contribution in [0.2, 0.25) is 0 Å². The van der Waals surface area contributed by atoms with Gasteiger partial charge in [-0.25, -0.2) is 9.36 Å². The molecule has 9 rings (SSSR count). The predicted molar refractivity (Wildman–Crippen MR) is 230 cm³/mol. The first-order chi connectivity index (χ1) is 30.8. The standard InChI is InChI=1S/C46H49F2N4O10PS/c1-28(45(57)60-27-29-8-4-2-5-9-29)61-63(58,62-36-10-6-3-7-11-36)46(47,48)34-12-15-39-32(21-34)24-40(64-39)41(53)49-37-23-31-20-30(31)22-35-13-14-38(52(35)43(37)55)44(56)51-25-33(26-51)42(54)50-16-18-59-19-17-50/h2-12,15,21,24,28,30-31,33,35,37-38H,13-14,16-20,22-23,25-27H2,1H3,(H,49,53)/t28-,30+,31-,35+,37-,38-,63?/m0/s1. The lowest BCUT2D eigenvalue weighted by molar-refractivity contribution is -0.157. The number of carbonyl (C=O) groups excluding carboxylic acids is 5.